The number of rotatable bonds is 2. The van der Waals surface area contributed by atoms with Crippen molar-refractivity contribution in [3.8, 4) is 0 Å². The molecule has 1 heterocycles. The number of hydrogen-bond donors (Lipinski definition) is 0. The molecule has 0 bridgehead atoms. The fourth-order valence-electron chi connectivity index (χ4n) is 2.16. The summed E-state index contributed by atoms with van der Waals surface area (Å²) >= 11 is 10.8. The fraction of sp³-hybridized carbons (Fsp3) is 0.385. The molecular formula is C13H13BrClNO2S. The normalized spacial score (nSPS) is 19.1. The van der Waals surface area contributed by atoms with E-state index in [1.54, 1.807) is 4.90 Å². The first kappa shape index (κ1) is 14.9. The summed E-state index contributed by atoms with van der Waals surface area (Å²) in [5.74, 6) is 0.0419. The molecule has 0 radical (unpaired) electrons. The van der Waals surface area contributed by atoms with E-state index in [1.165, 1.54) is 18.7 Å². The van der Waals surface area contributed by atoms with Crippen molar-refractivity contribution < 1.29 is 9.59 Å². The second-order valence-corrected chi connectivity index (χ2v) is 7.15. The van der Waals surface area contributed by atoms with E-state index in [1.807, 2.05) is 19.1 Å². The molecule has 1 saturated heterocycles. The number of carbonyl (C=O) groups is 2. The van der Waals surface area contributed by atoms with Gasteiger partial charge >= 0.3 is 0 Å². The standard InChI is InChI=1S/C13H13BrClNO2S/c1-7-11(4-3-10(14)13(7)15)16-6-9(5-12(16)18)19-8(2)17/h3-4,9H,5-6H2,1-2H3. The van der Waals surface area contributed by atoms with Gasteiger partial charge in [0.2, 0.25) is 5.91 Å². The Morgan fingerprint density at radius 2 is 2.21 bits per heavy atom. The van der Waals surface area contributed by atoms with Crippen molar-refractivity contribution in [2.24, 2.45) is 0 Å². The Morgan fingerprint density at radius 3 is 2.84 bits per heavy atom. The van der Waals surface area contributed by atoms with Crippen molar-refractivity contribution in [1.29, 1.82) is 0 Å². The lowest BCUT2D eigenvalue weighted by molar-refractivity contribution is -0.117. The minimum absolute atomic E-state index is 0.0341. The van der Waals surface area contributed by atoms with Gasteiger partial charge in [-0.2, -0.15) is 0 Å². The van der Waals surface area contributed by atoms with Crippen molar-refractivity contribution >= 4 is 56.0 Å². The van der Waals surface area contributed by atoms with Gasteiger partial charge in [0.05, 0.1) is 5.02 Å². The summed E-state index contributed by atoms with van der Waals surface area (Å²) in [6.07, 6.45) is 0.400. The van der Waals surface area contributed by atoms with Gasteiger partial charge in [-0.15, -0.1) is 0 Å². The lowest BCUT2D eigenvalue weighted by Crippen LogP contribution is -2.25. The molecule has 0 N–H and O–H groups in total. The fourth-order valence-corrected chi connectivity index (χ4v) is 3.66. The lowest BCUT2D eigenvalue weighted by atomic mass is 10.2. The Bertz CT molecular complexity index is 550. The Balaban J connectivity index is 2.26. The van der Waals surface area contributed by atoms with Gasteiger partial charge in [-0.1, -0.05) is 23.4 Å². The van der Waals surface area contributed by atoms with Crippen LogP contribution in [0.5, 0.6) is 0 Å². The van der Waals surface area contributed by atoms with E-state index in [-0.39, 0.29) is 16.3 Å². The number of amides is 1. The van der Waals surface area contributed by atoms with Crippen molar-refractivity contribution in [1.82, 2.24) is 0 Å². The zero-order valence-electron chi connectivity index (χ0n) is 10.6. The van der Waals surface area contributed by atoms with Crippen molar-refractivity contribution in [2.75, 3.05) is 11.4 Å². The largest absolute Gasteiger partial charge is 0.311 e. The predicted octanol–water partition coefficient (Wildman–Crippen LogP) is 3.80. The number of halogens is 2. The van der Waals surface area contributed by atoms with E-state index in [4.69, 9.17) is 11.6 Å². The average Bonchev–Trinajstić information content (AvgIpc) is 2.66. The van der Waals surface area contributed by atoms with Crippen LogP contribution in [0, 0.1) is 6.92 Å². The van der Waals surface area contributed by atoms with Crippen LogP contribution < -0.4 is 4.90 Å². The van der Waals surface area contributed by atoms with Crippen LogP contribution in [0.15, 0.2) is 16.6 Å². The summed E-state index contributed by atoms with van der Waals surface area (Å²) in [7, 11) is 0. The van der Waals surface area contributed by atoms with Crippen LogP contribution in [0.3, 0.4) is 0 Å². The first-order chi connectivity index (χ1) is 8.90. The second-order valence-electron chi connectivity index (χ2n) is 4.45. The van der Waals surface area contributed by atoms with Gasteiger partial charge in [-0.25, -0.2) is 0 Å². The predicted molar refractivity (Wildman–Crippen MR) is 82.9 cm³/mol. The molecule has 0 aliphatic carbocycles. The van der Waals surface area contributed by atoms with Crippen LogP contribution in [-0.4, -0.2) is 22.8 Å². The minimum Gasteiger partial charge on any atom is -0.311 e. The number of nitrogens with zero attached hydrogens (tertiary/aromatic N) is 1. The van der Waals surface area contributed by atoms with E-state index in [9.17, 15) is 9.59 Å². The Hall–Kier alpha value is -0.520. The van der Waals surface area contributed by atoms with Gasteiger partial charge in [0.1, 0.15) is 0 Å². The topological polar surface area (TPSA) is 37.4 Å². The molecule has 102 valence electrons. The van der Waals surface area contributed by atoms with Crippen LogP contribution in [0.1, 0.15) is 18.9 Å². The summed E-state index contributed by atoms with van der Waals surface area (Å²) in [4.78, 5) is 24.9. The highest BCUT2D eigenvalue weighted by Gasteiger charge is 2.32. The number of anilines is 1. The highest BCUT2D eigenvalue weighted by molar-refractivity contribution is 9.10. The molecule has 1 aliphatic rings. The number of thioether (sulfide) groups is 1. The summed E-state index contributed by atoms with van der Waals surface area (Å²) in [5.41, 5.74) is 1.70. The third-order valence-corrected chi connectivity index (χ3v) is 5.38. The molecule has 3 nitrogen and oxygen atoms in total. The average molecular weight is 363 g/mol. The molecule has 2 rings (SSSR count). The van der Waals surface area contributed by atoms with Gasteiger partial charge in [-0.05, 0) is 40.5 Å². The molecule has 1 aromatic carbocycles. The summed E-state index contributed by atoms with van der Waals surface area (Å²) < 4.78 is 0.816. The maximum absolute atomic E-state index is 12.1. The van der Waals surface area contributed by atoms with Crippen molar-refractivity contribution in [2.45, 2.75) is 25.5 Å². The van der Waals surface area contributed by atoms with Gasteiger partial charge in [-0.3, -0.25) is 9.59 Å². The highest BCUT2D eigenvalue weighted by Crippen LogP contribution is 2.36. The Kier molecular flexibility index (Phi) is 4.58. The summed E-state index contributed by atoms with van der Waals surface area (Å²) in [5, 5.41) is 0.699. The SMILES string of the molecule is CC(=O)SC1CC(=O)N(c2ccc(Br)c(Cl)c2C)C1. The number of carbonyl (C=O) groups excluding carboxylic acids is 2. The quantitative estimate of drug-likeness (QED) is 0.803. The van der Waals surface area contributed by atoms with Gasteiger partial charge in [0.15, 0.2) is 5.12 Å². The lowest BCUT2D eigenvalue weighted by Gasteiger charge is -2.20. The molecule has 0 saturated carbocycles. The monoisotopic (exact) mass is 361 g/mol. The molecule has 1 fully saturated rings. The van der Waals surface area contributed by atoms with Crippen LogP contribution in [-0.2, 0) is 9.59 Å². The van der Waals surface area contributed by atoms with Crippen LogP contribution in [0.25, 0.3) is 0 Å². The van der Waals surface area contributed by atoms with E-state index in [0.29, 0.717) is 18.0 Å². The van der Waals surface area contributed by atoms with E-state index >= 15 is 0 Å². The summed E-state index contributed by atoms with van der Waals surface area (Å²) in [6, 6.07) is 3.72. The minimum atomic E-state index is 0.0341. The van der Waals surface area contributed by atoms with Crippen molar-refractivity contribution in [3.63, 3.8) is 0 Å². The molecular weight excluding hydrogens is 350 g/mol. The first-order valence-corrected chi connectivity index (χ1v) is 7.87. The van der Waals surface area contributed by atoms with Crippen LogP contribution in [0.2, 0.25) is 5.02 Å². The number of hydrogen-bond acceptors (Lipinski definition) is 3. The van der Waals surface area contributed by atoms with E-state index in [0.717, 1.165) is 15.7 Å². The van der Waals surface area contributed by atoms with Crippen molar-refractivity contribution in [3.05, 3.63) is 27.2 Å². The Morgan fingerprint density at radius 1 is 1.53 bits per heavy atom. The van der Waals surface area contributed by atoms with Crippen LogP contribution >= 0.6 is 39.3 Å². The van der Waals surface area contributed by atoms with Gasteiger partial charge in [0.25, 0.3) is 0 Å². The maximum atomic E-state index is 12.1. The maximum Gasteiger partial charge on any atom is 0.228 e. The zero-order valence-corrected chi connectivity index (χ0v) is 13.7. The molecule has 1 aliphatic heterocycles. The highest BCUT2D eigenvalue weighted by atomic mass is 79.9. The van der Waals surface area contributed by atoms with Gasteiger partial charge < -0.3 is 4.90 Å². The molecule has 1 unspecified atom stereocenters. The molecule has 0 spiro atoms. The molecule has 6 heteroatoms. The second kappa shape index (κ2) is 5.85. The molecule has 0 aromatic heterocycles. The summed E-state index contributed by atoms with van der Waals surface area (Å²) in [6.45, 7) is 3.97. The third kappa shape index (κ3) is 3.15. The molecule has 1 amide bonds. The van der Waals surface area contributed by atoms with Crippen LogP contribution in [0.4, 0.5) is 5.69 Å². The molecule has 19 heavy (non-hydrogen) atoms. The smallest absolute Gasteiger partial charge is 0.228 e. The van der Waals surface area contributed by atoms with E-state index in [2.05, 4.69) is 15.9 Å². The molecule has 1 atom stereocenters. The number of benzene rings is 1. The Labute approximate surface area is 129 Å². The third-order valence-electron chi connectivity index (χ3n) is 3.02. The zero-order chi connectivity index (χ0) is 14.2. The first-order valence-electron chi connectivity index (χ1n) is 5.82. The molecule has 1 aromatic rings. The van der Waals surface area contributed by atoms with Gasteiger partial charge in [0, 0.05) is 35.3 Å². The van der Waals surface area contributed by atoms with E-state index < -0.39 is 0 Å².